The largest absolute Gasteiger partial charge is 0.496 e. The van der Waals surface area contributed by atoms with E-state index in [0.29, 0.717) is 12.4 Å². The monoisotopic (exact) mass is 388 g/mol. The zero-order valence-electron chi connectivity index (χ0n) is 15.6. The molecule has 0 atom stereocenters. The summed E-state index contributed by atoms with van der Waals surface area (Å²) in [5.74, 6) is 2.49. The van der Waals surface area contributed by atoms with Gasteiger partial charge in [0.15, 0.2) is 5.82 Å². The van der Waals surface area contributed by atoms with E-state index in [9.17, 15) is 0 Å². The normalized spacial score (nSPS) is 12.9. The van der Waals surface area contributed by atoms with Crippen LogP contribution < -0.4 is 10.1 Å². The number of rotatable bonds is 5. The van der Waals surface area contributed by atoms with Gasteiger partial charge in [-0.15, -0.1) is 11.3 Å². The van der Waals surface area contributed by atoms with Crippen molar-refractivity contribution in [3.8, 4) is 17.1 Å². The number of hydrogen-bond donors (Lipinski definition) is 1. The third-order valence-corrected chi connectivity index (χ3v) is 6.31. The fourth-order valence-corrected chi connectivity index (χ4v) is 5.04. The van der Waals surface area contributed by atoms with Crippen molar-refractivity contribution in [1.29, 1.82) is 0 Å². The zero-order chi connectivity index (χ0) is 18.9. The molecule has 0 spiro atoms. The fraction of sp³-hybridized carbons (Fsp3) is 0.227. The van der Waals surface area contributed by atoms with Crippen LogP contribution in [0.1, 0.15) is 22.4 Å². The zero-order valence-corrected chi connectivity index (χ0v) is 16.4. The van der Waals surface area contributed by atoms with E-state index in [1.54, 1.807) is 24.6 Å². The van der Waals surface area contributed by atoms with Crippen LogP contribution in [0.4, 0.5) is 5.82 Å². The number of methoxy groups -OCH3 is 1. The van der Waals surface area contributed by atoms with E-state index in [1.165, 1.54) is 22.2 Å². The van der Waals surface area contributed by atoms with Crippen LogP contribution in [0.2, 0.25) is 0 Å². The predicted molar refractivity (Wildman–Crippen MR) is 113 cm³/mol. The minimum Gasteiger partial charge on any atom is -0.496 e. The molecular weight excluding hydrogens is 368 g/mol. The van der Waals surface area contributed by atoms with Gasteiger partial charge in [0.05, 0.1) is 12.5 Å². The van der Waals surface area contributed by atoms with Crippen molar-refractivity contribution in [3.05, 3.63) is 64.8 Å². The molecule has 0 saturated carbocycles. The lowest BCUT2D eigenvalue weighted by atomic mass is 10.1. The average molecular weight is 388 g/mol. The second kappa shape index (κ2) is 7.20. The summed E-state index contributed by atoms with van der Waals surface area (Å²) in [4.78, 5) is 16.5. The highest BCUT2D eigenvalue weighted by molar-refractivity contribution is 7.19. The van der Waals surface area contributed by atoms with E-state index in [2.05, 4.69) is 16.4 Å². The van der Waals surface area contributed by atoms with Crippen molar-refractivity contribution < 1.29 is 4.74 Å². The Morgan fingerprint density at radius 2 is 2.04 bits per heavy atom. The molecule has 0 saturated heterocycles. The number of thiophene rings is 1. The first-order valence-corrected chi connectivity index (χ1v) is 10.2. The lowest BCUT2D eigenvalue weighted by Gasteiger charge is -2.12. The number of nitrogens with one attached hydrogen (secondary N) is 1. The van der Waals surface area contributed by atoms with Crippen molar-refractivity contribution in [1.82, 2.24) is 15.0 Å². The molecule has 0 amide bonds. The van der Waals surface area contributed by atoms with Gasteiger partial charge in [0.25, 0.3) is 0 Å². The van der Waals surface area contributed by atoms with Crippen LogP contribution in [-0.4, -0.2) is 22.1 Å². The Morgan fingerprint density at radius 3 is 2.89 bits per heavy atom. The van der Waals surface area contributed by atoms with Gasteiger partial charge in [-0.25, -0.2) is 9.97 Å². The van der Waals surface area contributed by atoms with Crippen molar-refractivity contribution in [2.24, 2.45) is 0 Å². The Bertz CT molecular complexity index is 1140. The van der Waals surface area contributed by atoms with Crippen LogP contribution in [0.3, 0.4) is 0 Å². The molecule has 6 heteroatoms. The van der Waals surface area contributed by atoms with Crippen LogP contribution in [0.25, 0.3) is 21.6 Å². The summed E-state index contributed by atoms with van der Waals surface area (Å²) in [6.07, 6.45) is 7.04. The van der Waals surface area contributed by atoms with Gasteiger partial charge < -0.3 is 10.1 Å². The molecule has 0 aliphatic heterocycles. The molecule has 3 aromatic heterocycles. The van der Waals surface area contributed by atoms with E-state index in [-0.39, 0.29) is 0 Å². The summed E-state index contributed by atoms with van der Waals surface area (Å²) in [5, 5.41) is 4.74. The third-order valence-electron chi connectivity index (χ3n) is 5.12. The number of ether oxygens (including phenoxy) is 1. The van der Waals surface area contributed by atoms with Crippen molar-refractivity contribution in [2.75, 3.05) is 12.4 Å². The number of aromatic nitrogens is 3. The first kappa shape index (κ1) is 17.1. The number of fused-ring (bicyclic) bond motifs is 3. The summed E-state index contributed by atoms with van der Waals surface area (Å²) in [5.41, 5.74) is 3.45. The molecule has 4 aromatic rings. The maximum absolute atomic E-state index is 5.49. The van der Waals surface area contributed by atoms with E-state index in [4.69, 9.17) is 14.7 Å². The molecule has 0 bridgehead atoms. The smallest absolute Gasteiger partial charge is 0.164 e. The summed E-state index contributed by atoms with van der Waals surface area (Å²) in [6, 6.07) is 12.0. The minimum atomic E-state index is 0.646. The average Bonchev–Trinajstić information content (AvgIpc) is 3.33. The maximum atomic E-state index is 5.49. The van der Waals surface area contributed by atoms with Gasteiger partial charge in [-0.2, -0.15) is 0 Å². The van der Waals surface area contributed by atoms with Gasteiger partial charge in [0, 0.05) is 34.9 Å². The Hall–Kier alpha value is -2.99. The van der Waals surface area contributed by atoms with E-state index < -0.39 is 0 Å². The molecule has 1 aromatic carbocycles. The lowest BCUT2D eigenvalue weighted by molar-refractivity contribution is 0.410. The maximum Gasteiger partial charge on any atom is 0.164 e. The second-order valence-electron chi connectivity index (χ2n) is 6.84. The summed E-state index contributed by atoms with van der Waals surface area (Å²) >= 11 is 1.80. The van der Waals surface area contributed by atoms with Crippen molar-refractivity contribution in [3.63, 3.8) is 0 Å². The number of pyridine rings is 1. The van der Waals surface area contributed by atoms with Crippen LogP contribution in [-0.2, 0) is 19.4 Å². The van der Waals surface area contributed by atoms with Gasteiger partial charge >= 0.3 is 0 Å². The SMILES string of the molecule is COc1ccccc1CNc1nc(-c2cccnc2)nc2sc3c(c12)CCC3. The highest BCUT2D eigenvalue weighted by atomic mass is 32.1. The molecule has 5 rings (SSSR count). The van der Waals surface area contributed by atoms with Crippen molar-refractivity contribution >= 4 is 27.4 Å². The van der Waals surface area contributed by atoms with Gasteiger partial charge in [0.2, 0.25) is 0 Å². The van der Waals surface area contributed by atoms with Crippen LogP contribution in [0.5, 0.6) is 5.75 Å². The fourth-order valence-electron chi connectivity index (χ4n) is 3.78. The summed E-state index contributed by atoms with van der Waals surface area (Å²) < 4.78 is 5.49. The Morgan fingerprint density at radius 1 is 1.11 bits per heavy atom. The number of anilines is 1. The van der Waals surface area contributed by atoms with Gasteiger partial charge in [-0.1, -0.05) is 18.2 Å². The Labute approximate surface area is 167 Å². The number of para-hydroxylation sites is 1. The van der Waals surface area contributed by atoms with Crippen LogP contribution in [0.15, 0.2) is 48.8 Å². The minimum absolute atomic E-state index is 0.646. The molecule has 1 N–H and O–H groups in total. The van der Waals surface area contributed by atoms with E-state index in [0.717, 1.165) is 40.4 Å². The Balaban J connectivity index is 1.59. The summed E-state index contributed by atoms with van der Waals surface area (Å²) in [6.45, 7) is 0.646. The third kappa shape index (κ3) is 2.99. The number of benzene rings is 1. The standard InChI is InChI=1S/C22H20N4OS/c1-27-17-9-3-2-6-14(17)13-24-21-19-16-8-4-10-18(16)28-22(19)26-20(25-21)15-7-5-11-23-12-15/h2-3,5-7,9,11-12H,4,8,10,13H2,1H3,(H,24,25,26). The quantitative estimate of drug-likeness (QED) is 0.529. The van der Waals surface area contributed by atoms with Crippen LogP contribution >= 0.6 is 11.3 Å². The summed E-state index contributed by atoms with van der Waals surface area (Å²) in [7, 11) is 1.70. The highest BCUT2D eigenvalue weighted by Gasteiger charge is 2.22. The molecule has 0 unspecified atom stereocenters. The molecule has 1 aliphatic carbocycles. The highest BCUT2D eigenvalue weighted by Crippen LogP contribution is 2.40. The molecule has 140 valence electrons. The number of aryl methyl sites for hydroxylation is 2. The first-order valence-electron chi connectivity index (χ1n) is 9.42. The predicted octanol–water partition coefficient (Wildman–Crippen LogP) is 4.86. The molecule has 5 nitrogen and oxygen atoms in total. The lowest BCUT2D eigenvalue weighted by Crippen LogP contribution is -2.05. The Kier molecular flexibility index (Phi) is 4.41. The van der Waals surface area contributed by atoms with Gasteiger partial charge in [-0.05, 0) is 43.0 Å². The molecule has 28 heavy (non-hydrogen) atoms. The molecule has 1 aliphatic rings. The number of hydrogen-bond acceptors (Lipinski definition) is 6. The number of nitrogens with zero attached hydrogens (tertiary/aromatic N) is 3. The molecule has 0 fully saturated rings. The van der Waals surface area contributed by atoms with Crippen LogP contribution in [0, 0.1) is 0 Å². The molecular formula is C22H20N4OS. The van der Waals surface area contributed by atoms with E-state index >= 15 is 0 Å². The molecule has 3 heterocycles. The topological polar surface area (TPSA) is 59.9 Å². The first-order chi connectivity index (χ1) is 13.8. The second-order valence-corrected chi connectivity index (χ2v) is 7.92. The van der Waals surface area contributed by atoms with Crippen molar-refractivity contribution in [2.45, 2.75) is 25.8 Å². The van der Waals surface area contributed by atoms with Gasteiger partial charge in [0.1, 0.15) is 16.4 Å². The molecule has 0 radical (unpaired) electrons. The van der Waals surface area contributed by atoms with E-state index in [1.807, 2.05) is 36.5 Å². The van der Waals surface area contributed by atoms with Gasteiger partial charge in [-0.3, -0.25) is 4.98 Å².